The van der Waals surface area contributed by atoms with E-state index in [1.54, 1.807) is 17.5 Å². The normalized spacial score (nSPS) is 13.8. The molecule has 0 saturated carbocycles. The highest BCUT2D eigenvalue weighted by Gasteiger charge is 2.21. The van der Waals surface area contributed by atoms with E-state index < -0.39 is 0 Å². The molecule has 0 radical (unpaired) electrons. The van der Waals surface area contributed by atoms with Crippen LogP contribution in [0.3, 0.4) is 0 Å². The maximum absolute atomic E-state index is 4.96. The van der Waals surface area contributed by atoms with Crippen molar-refractivity contribution in [3.63, 3.8) is 0 Å². The number of hydrogen-bond donors (Lipinski definition) is 0. The minimum atomic E-state index is 0.751. The van der Waals surface area contributed by atoms with Gasteiger partial charge in [-0.2, -0.15) is 0 Å². The highest BCUT2D eigenvalue weighted by atomic mass is 32.1. The Labute approximate surface area is 156 Å². The fraction of sp³-hybridized carbons (Fsp3) is 0.190. The van der Waals surface area contributed by atoms with Gasteiger partial charge in [-0.15, -0.1) is 11.3 Å². The van der Waals surface area contributed by atoms with Crippen molar-refractivity contribution in [2.45, 2.75) is 19.9 Å². The lowest BCUT2D eigenvalue weighted by atomic mass is 10.00. The Hall–Kier alpha value is -2.79. The molecule has 26 heavy (non-hydrogen) atoms. The molecule has 1 aromatic carbocycles. The van der Waals surface area contributed by atoms with Crippen molar-refractivity contribution >= 4 is 27.4 Å². The van der Waals surface area contributed by atoms with Crippen molar-refractivity contribution in [3.05, 3.63) is 70.9 Å². The van der Waals surface area contributed by atoms with E-state index in [2.05, 4.69) is 47.1 Å². The van der Waals surface area contributed by atoms with E-state index in [-0.39, 0.29) is 0 Å². The fourth-order valence-electron chi connectivity index (χ4n) is 3.57. The zero-order valence-corrected chi connectivity index (χ0v) is 15.3. The van der Waals surface area contributed by atoms with Crippen LogP contribution in [-0.2, 0) is 13.0 Å². The third-order valence-corrected chi connectivity index (χ3v) is 5.79. The van der Waals surface area contributed by atoms with Crippen molar-refractivity contribution in [1.29, 1.82) is 0 Å². The van der Waals surface area contributed by atoms with Crippen molar-refractivity contribution in [1.82, 2.24) is 15.0 Å². The van der Waals surface area contributed by atoms with Crippen molar-refractivity contribution < 1.29 is 0 Å². The van der Waals surface area contributed by atoms with Gasteiger partial charge in [0, 0.05) is 35.9 Å². The maximum Gasteiger partial charge on any atom is 0.164 e. The van der Waals surface area contributed by atoms with Crippen LogP contribution < -0.4 is 4.90 Å². The van der Waals surface area contributed by atoms with E-state index in [1.165, 1.54) is 16.0 Å². The van der Waals surface area contributed by atoms with E-state index in [0.29, 0.717) is 0 Å². The Morgan fingerprint density at radius 1 is 1.04 bits per heavy atom. The van der Waals surface area contributed by atoms with Crippen LogP contribution in [0, 0.1) is 6.92 Å². The van der Waals surface area contributed by atoms with Gasteiger partial charge in [0.15, 0.2) is 5.82 Å². The molecule has 0 saturated heterocycles. The molecule has 0 unspecified atom stereocenters. The minimum absolute atomic E-state index is 0.751. The molecule has 5 rings (SSSR count). The van der Waals surface area contributed by atoms with Crippen LogP contribution in [0.5, 0.6) is 0 Å². The largest absolute Gasteiger partial charge is 0.351 e. The number of aryl methyl sites for hydroxylation is 1. The highest BCUT2D eigenvalue weighted by Crippen LogP contribution is 2.34. The number of anilines is 1. The predicted molar refractivity (Wildman–Crippen MR) is 107 cm³/mol. The van der Waals surface area contributed by atoms with Crippen molar-refractivity contribution in [2.75, 3.05) is 11.4 Å². The van der Waals surface area contributed by atoms with Gasteiger partial charge in [0.25, 0.3) is 0 Å². The smallest absolute Gasteiger partial charge is 0.164 e. The molecule has 0 atom stereocenters. The lowest BCUT2D eigenvalue weighted by molar-refractivity contribution is 0.724. The van der Waals surface area contributed by atoms with E-state index >= 15 is 0 Å². The van der Waals surface area contributed by atoms with Crippen LogP contribution in [0.4, 0.5) is 5.82 Å². The summed E-state index contributed by atoms with van der Waals surface area (Å²) in [6.07, 6.45) is 4.66. The molecule has 4 heterocycles. The molecule has 1 aliphatic rings. The van der Waals surface area contributed by atoms with E-state index in [4.69, 9.17) is 9.97 Å². The summed E-state index contributed by atoms with van der Waals surface area (Å²) < 4.78 is 0. The first-order chi connectivity index (χ1) is 12.8. The molecule has 0 N–H and O–H groups in total. The van der Waals surface area contributed by atoms with E-state index in [1.807, 2.05) is 18.3 Å². The van der Waals surface area contributed by atoms with Crippen LogP contribution in [0.2, 0.25) is 0 Å². The molecule has 0 amide bonds. The number of benzene rings is 1. The zero-order chi connectivity index (χ0) is 17.5. The summed E-state index contributed by atoms with van der Waals surface area (Å²) in [7, 11) is 0. The van der Waals surface area contributed by atoms with Crippen molar-refractivity contribution in [2.24, 2.45) is 0 Å². The first-order valence-corrected chi connectivity index (χ1v) is 9.60. The molecule has 3 aromatic heterocycles. The van der Waals surface area contributed by atoms with E-state index in [9.17, 15) is 0 Å². The zero-order valence-electron chi connectivity index (χ0n) is 14.5. The predicted octanol–water partition coefficient (Wildman–Crippen LogP) is 4.62. The number of thiophene rings is 1. The monoisotopic (exact) mass is 358 g/mol. The van der Waals surface area contributed by atoms with Crippen LogP contribution in [-0.4, -0.2) is 21.5 Å². The first-order valence-electron chi connectivity index (χ1n) is 8.78. The topological polar surface area (TPSA) is 41.9 Å². The lowest BCUT2D eigenvalue weighted by Gasteiger charge is -2.30. The minimum Gasteiger partial charge on any atom is -0.351 e. The number of hydrogen-bond acceptors (Lipinski definition) is 5. The number of nitrogens with zero attached hydrogens (tertiary/aromatic N) is 4. The van der Waals surface area contributed by atoms with Gasteiger partial charge in [-0.3, -0.25) is 4.98 Å². The van der Waals surface area contributed by atoms with Gasteiger partial charge >= 0.3 is 0 Å². The van der Waals surface area contributed by atoms with Gasteiger partial charge in [-0.1, -0.05) is 24.3 Å². The molecule has 4 nitrogen and oxygen atoms in total. The van der Waals surface area contributed by atoms with Gasteiger partial charge in [0.1, 0.15) is 10.6 Å². The van der Waals surface area contributed by atoms with Gasteiger partial charge in [0.2, 0.25) is 0 Å². The summed E-state index contributed by atoms with van der Waals surface area (Å²) in [4.78, 5) is 18.7. The molecule has 1 aliphatic heterocycles. The summed E-state index contributed by atoms with van der Waals surface area (Å²) in [6, 6.07) is 14.9. The molecule has 128 valence electrons. The van der Waals surface area contributed by atoms with Crippen LogP contribution in [0.1, 0.15) is 16.0 Å². The van der Waals surface area contributed by atoms with Gasteiger partial charge in [0.05, 0.1) is 5.39 Å². The summed E-state index contributed by atoms with van der Waals surface area (Å²) in [5, 5.41) is 1.15. The Bertz CT molecular complexity index is 1090. The molecule has 5 heteroatoms. The second-order valence-corrected chi connectivity index (χ2v) is 7.86. The summed E-state index contributed by atoms with van der Waals surface area (Å²) in [6.45, 7) is 4.00. The average Bonchev–Trinajstić information content (AvgIpc) is 3.07. The van der Waals surface area contributed by atoms with Crippen molar-refractivity contribution in [3.8, 4) is 11.4 Å². The standard InChI is InChI=1S/C21H18N4S/c1-14-11-18-20(25-10-8-15-5-2-3-6-17(15)13-25)23-19(24-21(18)26-14)16-7-4-9-22-12-16/h2-7,9,11-12H,8,10,13H2,1H3. The second-order valence-electron chi connectivity index (χ2n) is 6.63. The quantitative estimate of drug-likeness (QED) is 0.524. The maximum atomic E-state index is 4.96. The number of aromatic nitrogens is 3. The number of fused-ring (bicyclic) bond motifs is 2. The summed E-state index contributed by atoms with van der Waals surface area (Å²) in [5.41, 5.74) is 3.79. The molecule has 0 spiro atoms. The highest BCUT2D eigenvalue weighted by molar-refractivity contribution is 7.18. The molecular formula is C21H18N4S. The second kappa shape index (κ2) is 6.18. The third kappa shape index (κ3) is 2.65. The number of pyridine rings is 1. The van der Waals surface area contributed by atoms with Crippen LogP contribution >= 0.6 is 11.3 Å². The lowest BCUT2D eigenvalue weighted by Crippen LogP contribution is -2.31. The van der Waals surface area contributed by atoms with Gasteiger partial charge in [-0.25, -0.2) is 9.97 Å². The number of rotatable bonds is 2. The van der Waals surface area contributed by atoms with Crippen LogP contribution in [0.25, 0.3) is 21.6 Å². The third-order valence-electron chi connectivity index (χ3n) is 4.85. The van der Waals surface area contributed by atoms with E-state index in [0.717, 1.165) is 46.9 Å². The average molecular weight is 358 g/mol. The molecule has 0 aliphatic carbocycles. The first kappa shape index (κ1) is 15.5. The SMILES string of the molecule is Cc1cc2c(N3CCc4ccccc4C3)nc(-c3cccnc3)nc2s1. The summed E-state index contributed by atoms with van der Waals surface area (Å²) >= 11 is 1.73. The van der Waals surface area contributed by atoms with Gasteiger partial charge < -0.3 is 4.90 Å². The van der Waals surface area contributed by atoms with Gasteiger partial charge in [-0.05, 0) is 42.7 Å². The Morgan fingerprint density at radius 3 is 2.77 bits per heavy atom. The summed E-state index contributed by atoms with van der Waals surface area (Å²) in [5.74, 6) is 1.79. The molecule has 4 aromatic rings. The fourth-order valence-corrected chi connectivity index (χ4v) is 4.44. The Balaban J connectivity index is 1.65. The van der Waals surface area contributed by atoms with Crippen LogP contribution in [0.15, 0.2) is 54.9 Å². The molecule has 0 fully saturated rings. The Morgan fingerprint density at radius 2 is 1.92 bits per heavy atom. The molecular weight excluding hydrogens is 340 g/mol. The molecule has 0 bridgehead atoms. The Kier molecular flexibility index (Phi) is 3.68.